The molecule has 21 heavy (non-hydrogen) atoms. The summed E-state index contributed by atoms with van der Waals surface area (Å²) in [4.78, 5) is 4.16. The van der Waals surface area contributed by atoms with Crippen molar-refractivity contribution in [3.05, 3.63) is 42.2 Å². The Hall–Kier alpha value is -1.41. The van der Waals surface area contributed by atoms with Crippen LogP contribution >= 0.6 is 0 Å². The quantitative estimate of drug-likeness (QED) is 0.743. The molecule has 0 aliphatic carbocycles. The minimum Gasteiger partial charge on any atom is -0.310 e. The topological polar surface area (TPSA) is 24.9 Å². The monoisotopic (exact) mass is 284 g/mol. The lowest BCUT2D eigenvalue weighted by molar-refractivity contribution is 0.436. The Kier molecular flexibility index (Phi) is 6.19. The third kappa shape index (κ3) is 5.13. The van der Waals surface area contributed by atoms with Crippen LogP contribution in [0.1, 0.15) is 52.0 Å². The van der Waals surface area contributed by atoms with Crippen LogP contribution in [0, 0.1) is 5.92 Å². The summed E-state index contributed by atoms with van der Waals surface area (Å²) in [5, 5.41) is 6.12. The Morgan fingerprint density at radius 2 is 1.95 bits per heavy atom. The maximum absolute atomic E-state index is 4.16. The van der Waals surface area contributed by atoms with Crippen molar-refractivity contribution >= 4 is 10.8 Å². The van der Waals surface area contributed by atoms with E-state index in [0.717, 1.165) is 12.5 Å². The third-order valence-electron chi connectivity index (χ3n) is 4.39. The van der Waals surface area contributed by atoms with Crippen molar-refractivity contribution in [3.63, 3.8) is 0 Å². The fourth-order valence-electron chi connectivity index (χ4n) is 2.61. The lowest BCUT2D eigenvalue weighted by Crippen LogP contribution is -2.25. The van der Waals surface area contributed by atoms with Gasteiger partial charge in [-0.3, -0.25) is 4.98 Å². The molecule has 114 valence electrons. The van der Waals surface area contributed by atoms with Gasteiger partial charge in [0.2, 0.25) is 0 Å². The van der Waals surface area contributed by atoms with E-state index in [1.807, 2.05) is 12.4 Å². The zero-order valence-electron chi connectivity index (χ0n) is 13.6. The number of nitrogens with zero attached hydrogens (tertiary/aromatic N) is 1. The van der Waals surface area contributed by atoms with Crippen molar-refractivity contribution in [3.8, 4) is 0 Å². The van der Waals surface area contributed by atoms with Crippen LogP contribution in [0.4, 0.5) is 0 Å². The van der Waals surface area contributed by atoms with Gasteiger partial charge >= 0.3 is 0 Å². The summed E-state index contributed by atoms with van der Waals surface area (Å²) in [6, 6.07) is 9.28. The van der Waals surface area contributed by atoms with Gasteiger partial charge < -0.3 is 5.32 Å². The van der Waals surface area contributed by atoms with Gasteiger partial charge in [0.05, 0.1) is 0 Å². The van der Waals surface area contributed by atoms with Crippen LogP contribution in [0.2, 0.25) is 0 Å². The first-order valence-corrected chi connectivity index (χ1v) is 8.25. The van der Waals surface area contributed by atoms with Gasteiger partial charge in [-0.1, -0.05) is 45.2 Å². The first kappa shape index (κ1) is 16.0. The van der Waals surface area contributed by atoms with Crippen LogP contribution in [0.5, 0.6) is 0 Å². The SMILES string of the molecule is CCC(C)CCC[C@@H](C)NCc1ccc2cnccc2c1. The van der Waals surface area contributed by atoms with E-state index in [1.54, 1.807) is 0 Å². The van der Waals surface area contributed by atoms with E-state index in [2.05, 4.69) is 55.3 Å². The van der Waals surface area contributed by atoms with Gasteiger partial charge in [0.15, 0.2) is 0 Å². The average Bonchev–Trinajstić information content (AvgIpc) is 2.52. The molecule has 1 aromatic heterocycles. The van der Waals surface area contributed by atoms with Crippen molar-refractivity contribution in [2.24, 2.45) is 5.92 Å². The lowest BCUT2D eigenvalue weighted by Gasteiger charge is -2.15. The molecule has 0 aliphatic heterocycles. The summed E-state index contributed by atoms with van der Waals surface area (Å²) in [6.45, 7) is 7.87. The summed E-state index contributed by atoms with van der Waals surface area (Å²) in [7, 11) is 0. The standard InChI is InChI=1S/C19H28N2/c1-4-15(2)6-5-7-16(3)21-13-17-8-9-19-14-20-11-10-18(19)12-17/h8-12,14-16,21H,4-7,13H2,1-3H3/t15?,16-/m1/s1. The summed E-state index contributed by atoms with van der Waals surface area (Å²) >= 11 is 0. The molecule has 0 spiro atoms. The second-order valence-corrected chi connectivity index (χ2v) is 6.28. The van der Waals surface area contributed by atoms with Crippen LogP contribution in [0.15, 0.2) is 36.7 Å². The van der Waals surface area contributed by atoms with Crippen molar-refractivity contribution in [1.29, 1.82) is 0 Å². The van der Waals surface area contributed by atoms with Crippen LogP contribution in [0.25, 0.3) is 10.8 Å². The van der Waals surface area contributed by atoms with E-state index in [4.69, 9.17) is 0 Å². The van der Waals surface area contributed by atoms with Crippen molar-refractivity contribution in [2.45, 2.75) is 59.0 Å². The molecule has 0 fully saturated rings. The molecular weight excluding hydrogens is 256 g/mol. The molecule has 0 saturated heterocycles. The number of hydrogen-bond acceptors (Lipinski definition) is 2. The highest BCUT2D eigenvalue weighted by molar-refractivity contribution is 5.81. The Labute approximate surface area is 129 Å². The molecular formula is C19H28N2. The maximum Gasteiger partial charge on any atom is 0.0346 e. The number of benzene rings is 1. The molecule has 1 heterocycles. The molecule has 0 amide bonds. The van der Waals surface area contributed by atoms with Crippen LogP contribution in [0.3, 0.4) is 0 Å². The predicted octanol–water partition coefficient (Wildman–Crippen LogP) is 4.93. The number of fused-ring (bicyclic) bond motifs is 1. The first-order valence-electron chi connectivity index (χ1n) is 8.25. The van der Waals surface area contributed by atoms with Gasteiger partial charge in [-0.05, 0) is 42.3 Å². The van der Waals surface area contributed by atoms with E-state index in [0.29, 0.717) is 6.04 Å². The Balaban J connectivity index is 1.78. The van der Waals surface area contributed by atoms with E-state index in [-0.39, 0.29) is 0 Å². The number of hydrogen-bond donors (Lipinski definition) is 1. The fraction of sp³-hybridized carbons (Fsp3) is 0.526. The minimum atomic E-state index is 0.585. The minimum absolute atomic E-state index is 0.585. The molecule has 1 unspecified atom stereocenters. The molecule has 0 bridgehead atoms. The van der Waals surface area contributed by atoms with E-state index < -0.39 is 0 Å². The highest BCUT2D eigenvalue weighted by atomic mass is 14.9. The zero-order valence-corrected chi connectivity index (χ0v) is 13.6. The van der Waals surface area contributed by atoms with Crippen molar-refractivity contribution < 1.29 is 0 Å². The van der Waals surface area contributed by atoms with Gasteiger partial charge in [0, 0.05) is 30.4 Å². The maximum atomic E-state index is 4.16. The van der Waals surface area contributed by atoms with Gasteiger partial charge in [0.25, 0.3) is 0 Å². The van der Waals surface area contributed by atoms with Crippen molar-refractivity contribution in [2.75, 3.05) is 0 Å². The number of aromatic nitrogens is 1. The van der Waals surface area contributed by atoms with Gasteiger partial charge in [0.1, 0.15) is 0 Å². The molecule has 2 heteroatoms. The Morgan fingerprint density at radius 1 is 1.10 bits per heavy atom. The summed E-state index contributed by atoms with van der Waals surface area (Å²) in [5.41, 5.74) is 1.35. The average molecular weight is 284 g/mol. The second-order valence-electron chi connectivity index (χ2n) is 6.28. The van der Waals surface area contributed by atoms with Gasteiger partial charge in [-0.2, -0.15) is 0 Å². The molecule has 0 radical (unpaired) electrons. The van der Waals surface area contributed by atoms with Gasteiger partial charge in [-0.15, -0.1) is 0 Å². The smallest absolute Gasteiger partial charge is 0.0346 e. The molecule has 2 rings (SSSR count). The summed E-state index contributed by atoms with van der Waals surface area (Å²) in [5.74, 6) is 0.867. The highest BCUT2D eigenvalue weighted by Crippen LogP contribution is 2.15. The second kappa shape index (κ2) is 8.14. The van der Waals surface area contributed by atoms with Crippen LogP contribution < -0.4 is 5.32 Å². The number of rotatable bonds is 8. The highest BCUT2D eigenvalue weighted by Gasteiger charge is 2.04. The van der Waals surface area contributed by atoms with Crippen LogP contribution in [-0.4, -0.2) is 11.0 Å². The van der Waals surface area contributed by atoms with E-state index in [1.165, 1.54) is 42.0 Å². The molecule has 0 aliphatic rings. The fourth-order valence-corrected chi connectivity index (χ4v) is 2.61. The summed E-state index contributed by atoms with van der Waals surface area (Å²) in [6.07, 6.45) is 9.02. The number of pyridine rings is 1. The van der Waals surface area contributed by atoms with E-state index >= 15 is 0 Å². The van der Waals surface area contributed by atoms with Gasteiger partial charge in [-0.25, -0.2) is 0 Å². The zero-order chi connectivity index (χ0) is 15.1. The molecule has 1 aromatic carbocycles. The molecule has 0 saturated carbocycles. The number of nitrogens with one attached hydrogen (secondary N) is 1. The normalized spacial score (nSPS) is 14.2. The first-order chi connectivity index (χ1) is 10.2. The Morgan fingerprint density at radius 3 is 2.76 bits per heavy atom. The molecule has 1 N–H and O–H groups in total. The Bertz CT molecular complexity index is 550. The molecule has 2 atom stereocenters. The van der Waals surface area contributed by atoms with E-state index in [9.17, 15) is 0 Å². The predicted molar refractivity (Wildman–Crippen MR) is 91.4 cm³/mol. The third-order valence-corrected chi connectivity index (χ3v) is 4.39. The molecule has 2 aromatic rings. The lowest BCUT2D eigenvalue weighted by atomic mass is 10.00. The van der Waals surface area contributed by atoms with Crippen molar-refractivity contribution in [1.82, 2.24) is 10.3 Å². The largest absolute Gasteiger partial charge is 0.310 e. The summed E-state index contributed by atoms with van der Waals surface area (Å²) < 4.78 is 0. The van der Waals surface area contributed by atoms with Crippen LogP contribution in [-0.2, 0) is 6.54 Å². The molecule has 2 nitrogen and oxygen atoms in total.